The summed E-state index contributed by atoms with van der Waals surface area (Å²) in [5.74, 6) is 0. The van der Waals surface area contributed by atoms with E-state index in [1.807, 2.05) is 32.0 Å². The van der Waals surface area contributed by atoms with E-state index in [2.05, 4.69) is 16.9 Å². The van der Waals surface area contributed by atoms with Gasteiger partial charge in [0.1, 0.15) is 0 Å². The third-order valence-corrected chi connectivity index (χ3v) is 1.98. The highest BCUT2D eigenvalue weighted by Gasteiger charge is 2.03. The third kappa shape index (κ3) is 3.85. The van der Waals surface area contributed by atoms with Gasteiger partial charge in [-0.05, 0) is 33.0 Å². The molecule has 78 valence electrons. The van der Waals surface area contributed by atoms with E-state index in [9.17, 15) is 0 Å². The van der Waals surface area contributed by atoms with E-state index in [-0.39, 0.29) is 6.04 Å². The molecule has 0 aliphatic carbocycles. The van der Waals surface area contributed by atoms with Crippen LogP contribution in [0.15, 0.2) is 18.2 Å². The molecule has 1 atom stereocenters. The van der Waals surface area contributed by atoms with Crippen LogP contribution in [0, 0.1) is 6.92 Å². The van der Waals surface area contributed by atoms with E-state index in [1.165, 1.54) is 0 Å². The van der Waals surface area contributed by atoms with Crippen LogP contribution in [0.1, 0.15) is 18.3 Å². The maximum atomic E-state index is 5.71. The van der Waals surface area contributed by atoms with Gasteiger partial charge in [0.05, 0.1) is 5.69 Å². The van der Waals surface area contributed by atoms with Gasteiger partial charge in [-0.3, -0.25) is 9.88 Å². The SMILES string of the molecule is Cc1cccc(CN(C)C[C@H](C)N)n1. The average Bonchev–Trinajstić information content (AvgIpc) is 2.01. The maximum Gasteiger partial charge on any atom is 0.0547 e. The van der Waals surface area contributed by atoms with Gasteiger partial charge in [0, 0.05) is 24.8 Å². The number of hydrogen-bond acceptors (Lipinski definition) is 3. The van der Waals surface area contributed by atoms with Crippen molar-refractivity contribution in [3.63, 3.8) is 0 Å². The van der Waals surface area contributed by atoms with Crippen LogP contribution in [-0.2, 0) is 6.54 Å². The Morgan fingerprint density at radius 2 is 2.21 bits per heavy atom. The zero-order valence-electron chi connectivity index (χ0n) is 9.20. The van der Waals surface area contributed by atoms with Crippen LogP contribution in [0.25, 0.3) is 0 Å². The summed E-state index contributed by atoms with van der Waals surface area (Å²) in [6.45, 7) is 5.79. The molecule has 1 heterocycles. The smallest absolute Gasteiger partial charge is 0.0547 e. The van der Waals surface area contributed by atoms with Crippen molar-refractivity contribution < 1.29 is 0 Å². The van der Waals surface area contributed by atoms with Gasteiger partial charge in [-0.15, -0.1) is 0 Å². The fraction of sp³-hybridized carbons (Fsp3) is 0.545. The molecule has 3 nitrogen and oxygen atoms in total. The van der Waals surface area contributed by atoms with Crippen LogP contribution in [0.2, 0.25) is 0 Å². The standard InChI is InChI=1S/C11H19N3/c1-9(12)7-14(3)8-11-6-4-5-10(2)13-11/h4-6,9H,7-8,12H2,1-3H3/t9-/m0/s1. The zero-order valence-corrected chi connectivity index (χ0v) is 9.20. The minimum atomic E-state index is 0.213. The highest BCUT2D eigenvalue weighted by Crippen LogP contribution is 2.01. The third-order valence-electron chi connectivity index (χ3n) is 1.98. The maximum absolute atomic E-state index is 5.71. The molecule has 0 amide bonds. The summed E-state index contributed by atoms with van der Waals surface area (Å²) in [6.07, 6.45) is 0. The van der Waals surface area contributed by atoms with Gasteiger partial charge < -0.3 is 5.73 Å². The van der Waals surface area contributed by atoms with Gasteiger partial charge in [0.25, 0.3) is 0 Å². The fourth-order valence-electron chi connectivity index (χ4n) is 1.52. The van der Waals surface area contributed by atoms with Crippen molar-refractivity contribution in [3.05, 3.63) is 29.6 Å². The van der Waals surface area contributed by atoms with Gasteiger partial charge in [-0.2, -0.15) is 0 Å². The van der Waals surface area contributed by atoms with Crippen molar-refractivity contribution in [2.45, 2.75) is 26.4 Å². The van der Waals surface area contributed by atoms with Gasteiger partial charge in [-0.25, -0.2) is 0 Å². The molecular weight excluding hydrogens is 174 g/mol. The molecule has 0 unspecified atom stereocenters. The summed E-state index contributed by atoms with van der Waals surface area (Å²) in [4.78, 5) is 6.62. The first-order valence-electron chi connectivity index (χ1n) is 4.94. The normalized spacial score (nSPS) is 13.2. The number of pyridine rings is 1. The van der Waals surface area contributed by atoms with Crippen molar-refractivity contribution in [1.29, 1.82) is 0 Å². The Morgan fingerprint density at radius 1 is 1.50 bits per heavy atom. The monoisotopic (exact) mass is 193 g/mol. The van der Waals surface area contributed by atoms with Gasteiger partial charge in [0.15, 0.2) is 0 Å². The summed E-state index contributed by atoms with van der Waals surface area (Å²) < 4.78 is 0. The predicted octanol–water partition coefficient (Wildman–Crippen LogP) is 1.17. The molecule has 0 bridgehead atoms. The topological polar surface area (TPSA) is 42.1 Å². The lowest BCUT2D eigenvalue weighted by Crippen LogP contribution is -2.32. The quantitative estimate of drug-likeness (QED) is 0.780. The molecule has 0 aliphatic rings. The Balaban J connectivity index is 2.51. The number of hydrogen-bond donors (Lipinski definition) is 1. The van der Waals surface area contributed by atoms with Crippen molar-refractivity contribution in [2.75, 3.05) is 13.6 Å². The Morgan fingerprint density at radius 3 is 2.79 bits per heavy atom. The molecule has 0 aliphatic heterocycles. The highest BCUT2D eigenvalue weighted by molar-refractivity contribution is 5.09. The van der Waals surface area contributed by atoms with Crippen LogP contribution in [0.4, 0.5) is 0 Å². The fourth-order valence-corrected chi connectivity index (χ4v) is 1.52. The minimum Gasteiger partial charge on any atom is -0.327 e. The Kier molecular flexibility index (Phi) is 4.04. The summed E-state index contributed by atoms with van der Waals surface area (Å²) in [6, 6.07) is 6.31. The molecule has 0 radical (unpaired) electrons. The second kappa shape index (κ2) is 5.08. The largest absolute Gasteiger partial charge is 0.327 e. The molecule has 1 rings (SSSR count). The van der Waals surface area contributed by atoms with Crippen LogP contribution in [0.5, 0.6) is 0 Å². The second-order valence-corrected chi connectivity index (χ2v) is 3.94. The molecular formula is C11H19N3. The molecule has 1 aromatic rings. The molecule has 1 aromatic heterocycles. The summed E-state index contributed by atoms with van der Waals surface area (Å²) in [5, 5.41) is 0. The number of nitrogens with zero attached hydrogens (tertiary/aromatic N) is 2. The van der Waals surface area contributed by atoms with Crippen LogP contribution >= 0.6 is 0 Å². The van der Waals surface area contributed by atoms with Crippen LogP contribution in [0.3, 0.4) is 0 Å². The number of likely N-dealkylation sites (N-methyl/N-ethyl adjacent to an activating group) is 1. The van der Waals surface area contributed by atoms with E-state index in [0.29, 0.717) is 0 Å². The van der Waals surface area contributed by atoms with Gasteiger partial charge in [0.2, 0.25) is 0 Å². The average molecular weight is 193 g/mol. The van der Waals surface area contributed by atoms with Crippen molar-refractivity contribution in [1.82, 2.24) is 9.88 Å². The molecule has 0 spiro atoms. The molecule has 14 heavy (non-hydrogen) atoms. The summed E-state index contributed by atoms with van der Waals surface area (Å²) in [5.41, 5.74) is 7.89. The van der Waals surface area contributed by atoms with E-state index < -0.39 is 0 Å². The van der Waals surface area contributed by atoms with Crippen LogP contribution in [-0.4, -0.2) is 29.5 Å². The number of rotatable bonds is 4. The summed E-state index contributed by atoms with van der Waals surface area (Å²) in [7, 11) is 2.06. The number of aromatic nitrogens is 1. The van der Waals surface area contributed by atoms with Crippen molar-refractivity contribution >= 4 is 0 Å². The minimum absolute atomic E-state index is 0.213. The Labute approximate surface area is 85.9 Å². The van der Waals surface area contributed by atoms with E-state index in [0.717, 1.165) is 24.5 Å². The predicted molar refractivity (Wildman–Crippen MR) is 59.0 cm³/mol. The van der Waals surface area contributed by atoms with E-state index in [1.54, 1.807) is 0 Å². The molecule has 0 aromatic carbocycles. The number of nitrogens with two attached hydrogens (primary N) is 1. The van der Waals surface area contributed by atoms with Crippen molar-refractivity contribution in [2.24, 2.45) is 5.73 Å². The lowest BCUT2D eigenvalue weighted by atomic mass is 10.3. The number of aryl methyl sites for hydroxylation is 1. The van der Waals surface area contributed by atoms with Crippen molar-refractivity contribution in [3.8, 4) is 0 Å². The lowest BCUT2D eigenvalue weighted by Gasteiger charge is -2.18. The molecule has 3 heteroatoms. The first-order valence-corrected chi connectivity index (χ1v) is 4.94. The molecule has 2 N–H and O–H groups in total. The van der Waals surface area contributed by atoms with E-state index >= 15 is 0 Å². The first-order chi connectivity index (χ1) is 6.58. The van der Waals surface area contributed by atoms with Gasteiger partial charge in [-0.1, -0.05) is 6.07 Å². The van der Waals surface area contributed by atoms with Crippen LogP contribution < -0.4 is 5.73 Å². The van der Waals surface area contributed by atoms with E-state index in [4.69, 9.17) is 5.73 Å². The molecule has 0 saturated carbocycles. The first kappa shape index (κ1) is 11.1. The van der Waals surface area contributed by atoms with Gasteiger partial charge >= 0.3 is 0 Å². The Bertz CT molecular complexity index is 284. The zero-order chi connectivity index (χ0) is 10.6. The Hall–Kier alpha value is -0.930. The summed E-state index contributed by atoms with van der Waals surface area (Å²) >= 11 is 0. The molecule has 0 fully saturated rings. The molecule has 0 saturated heterocycles. The second-order valence-electron chi connectivity index (χ2n) is 3.94. The lowest BCUT2D eigenvalue weighted by molar-refractivity contribution is 0.306. The highest BCUT2D eigenvalue weighted by atomic mass is 15.1.